The van der Waals surface area contributed by atoms with E-state index in [4.69, 9.17) is 18.9 Å². The van der Waals surface area contributed by atoms with Crippen molar-refractivity contribution in [3.8, 4) is 22.8 Å². The fourth-order valence-corrected chi connectivity index (χ4v) is 3.12. The predicted octanol–water partition coefficient (Wildman–Crippen LogP) is 3.57. The molecule has 3 rings (SSSR count). The topological polar surface area (TPSA) is 101 Å². The quantitative estimate of drug-likeness (QED) is 0.410. The van der Waals surface area contributed by atoms with Crippen LogP contribution in [0, 0.1) is 0 Å². The number of esters is 2. The number of methoxy groups -OCH3 is 4. The molecule has 0 radical (unpaired) electrons. The fourth-order valence-electron chi connectivity index (χ4n) is 3.12. The summed E-state index contributed by atoms with van der Waals surface area (Å²) < 4.78 is 20.1. The van der Waals surface area contributed by atoms with Crippen LogP contribution < -0.4 is 9.47 Å². The molecule has 0 saturated heterocycles. The van der Waals surface area contributed by atoms with Crippen LogP contribution in [0.3, 0.4) is 0 Å². The van der Waals surface area contributed by atoms with Gasteiger partial charge in [0, 0.05) is 11.1 Å². The van der Waals surface area contributed by atoms with E-state index in [1.165, 1.54) is 33.5 Å². The second-order valence-electron chi connectivity index (χ2n) is 6.55. The van der Waals surface area contributed by atoms with E-state index in [1.807, 2.05) is 0 Å². The molecule has 8 heteroatoms. The summed E-state index contributed by atoms with van der Waals surface area (Å²) >= 11 is 0. The highest BCUT2D eigenvalue weighted by Crippen LogP contribution is 2.28. The van der Waals surface area contributed by atoms with Crippen molar-refractivity contribution in [2.45, 2.75) is 0 Å². The minimum absolute atomic E-state index is 0.140. The van der Waals surface area contributed by atoms with Crippen LogP contribution >= 0.6 is 0 Å². The first-order valence-electron chi connectivity index (χ1n) is 9.48. The number of ether oxygens (including phenoxy) is 4. The molecule has 8 nitrogen and oxygen atoms in total. The van der Waals surface area contributed by atoms with Gasteiger partial charge < -0.3 is 18.9 Å². The third-order valence-corrected chi connectivity index (χ3v) is 4.73. The maximum atomic E-state index is 13.4. The minimum atomic E-state index is -0.888. The Kier molecular flexibility index (Phi) is 6.84. The second kappa shape index (κ2) is 9.74. The highest BCUT2D eigenvalue weighted by Gasteiger charge is 2.29. The van der Waals surface area contributed by atoms with Crippen LogP contribution in [0.5, 0.6) is 11.5 Å². The minimum Gasteiger partial charge on any atom is -0.497 e. The molecular formula is C24H21NO7. The normalized spacial score (nSPS) is 10.2. The summed E-state index contributed by atoms with van der Waals surface area (Å²) in [6.07, 6.45) is 0. The number of carbonyl (C=O) groups is 3. The first kappa shape index (κ1) is 22.5. The number of pyridine rings is 1. The molecule has 0 amide bonds. The first-order valence-corrected chi connectivity index (χ1v) is 9.48. The van der Waals surface area contributed by atoms with Gasteiger partial charge in [-0.1, -0.05) is 24.3 Å². The smallest absolute Gasteiger partial charge is 0.341 e. The third-order valence-electron chi connectivity index (χ3n) is 4.73. The van der Waals surface area contributed by atoms with Gasteiger partial charge in [-0.05, 0) is 30.3 Å². The molecule has 0 aliphatic heterocycles. The van der Waals surface area contributed by atoms with Crippen LogP contribution in [-0.4, -0.2) is 51.1 Å². The van der Waals surface area contributed by atoms with Gasteiger partial charge in [-0.3, -0.25) is 4.79 Å². The molecule has 0 aliphatic carbocycles. The van der Waals surface area contributed by atoms with Gasteiger partial charge in [0.2, 0.25) is 5.78 Å². The summed E-state index contributed by atoms with van der Waals surface area (Å²) in [6, 6.07) is 14.7. The first-order chi connectivity index (χ1) is 15.4. The van der Waals surface area contributed by atoms with Gasteiger partial charge in [-0.25, -0.2) is 14.6 Å². The molecular weight excluding hydrogens is 414 g/mol. The monoisotopic (exact) mass is 435 g/mol. The van der Waals surface area contributed by atoms with Crippen LogP contribution in [0.4, 0.5) is 0 Å². The molecule has 32 heavy (non-hydrogen) atoms. The summed E-state index contributed by atoms with van der Waals surface area (Å²) in [7, 11) is 5.32. The molecule has 164 valence electrons. The van der Waals surface area contributed by atoms with Gasteiger partial charge in [-0.15, -0.1) is 0 Å². The van der Waals surface area contributed by atoms with Crippen LogP contribution in [0.25, 0.3) is 11.3 Å². The van der Waals surface area contributed by atoms with Crippen molar-refractivity contribution in [1.82, 2.24) is 4.98 Å². The van der Waals surface area contributed by atoms with Crippen LogP contribution in [0.1, 0.15) is 36.8 Å². The summed E-state index contributed by atoms with van der Waals surface area (Å²) in [5.74, 6) is -1.27. The van der Waals surface area contributed by atoms with Crippen molar-refractivity contribution < 1.29 is 33.3 Å². The third kappa shape index (κ3) is 4.44. The molecule has 0 fully saturated rings. The lowest BCUT2D eigenvalue weighted by Crippen LogP contribution is -2.20. The van der Waals surface area contributed by atoms with E-state index in [1.54, 1.807) is 42.5 Å². The van der Waals surface area contributed by atoms with Crippen molar-refractivity contribution in [3.05, 3.63) is 77.0 Å². The highest BCUT2D eigenvalue weighted by atomic mass is 16.5. The number of nitrogens with zero attached hydrogens (tertiary/aromatic N) is 1. The maximum Gasteiger partial charge on any atom is 0.341 e. The van der Waals surface area contributed by atoms with Gasteiger partial charge in [0.15, 0.2) is 0 Å². The van der Waals surface area contributed by atoms with Gasteiger partial charge >= 0.3 is 11.9 Å². The van der Waals surface area contributed by atoms with Gasteiger partial charge in [-0.2, -0.15) is 0 Å². The Hall–Kier alpha value is -4.20. The van der Waals surface area contributed by atoms with Gasteiger partial charge in [0.25, 0.3) is 0 Å². The number of benzene rings is 2. The zero-order valence-corrected chi connectivity index (χ0v) is 18.0. The molecule has 0 aliphatic rings. The fraction of sp³-hybridized carbons (Fsp3) is 0.167. The largest absolute Gasteiger partial charge is 0.497 e. The summed E-state index contributed by atoms with van der Waals surface area (Å²) in [5, 5.41) is 0. The van der Waals surface area contributed by atoms with Crippen LogP contribution in [-0.2, 0) is 9.47 Å². The Morgan fingerprint density at radius 3 is 2.00 bits per heavy atom. The molecule has 3 aromatic rings. The van der Waals surface area contributed by atoms with Crippen LogP contribution in [0.2, 0.25) is 0 Å². The standard InChI is InChI=1S/C24H21NO7/c1-29-16-9-5-7-14(11-16)19-13-18(23(27)31-3)20(24(28)32-4)21(25-19)22(26)15-8-6-10-17(12-15)30-2/h5-13H,1-4H3. The van der Waals surface area contributed by atoms with Crippen molar-refractivity contribution in [2.24, 2.45) is 0 Å². The highest BCUT2D eigenvalue weighted by molar-refractivity contribution is 6.17. The maximum absolute atomic E-state index is 13.4. The zero-order valence-electron chi connectivity index (χ0n) is 18.0. The average Bonchev–Trinajstić information content (AvgIpc) is 2.86. The molecule has 0 unspecified atom stereocenters. The van der Waals surface area contributed by atoms with Crippen molar-refractivity contribution >= 4 is 17.7 Å². The summed E-state index contributed by atoms with van der Waals surface area (Å²) in [4.78, 5) is 43.0. The predicted molar refractivity (Wildman–Crippen MR) is 115 cm³/mol. The van der Waals surface area contributed by atoms with Crippen LogP contribution in [0.15, 0.2) is 54.6 Å². The lowest BCUT2D eigenvalue weighted by atomic mass is 9.97. The molecule has 0 saturated carbocycles. The molecule has 0 bridgehead atoms. The molecule has 2 aromatic carbocycles. The average molecular weight is 435 g/mol. The van der Waals surface area contributed by atoms with E-state index in [0.717, 1.165) is 7.11 Å². The van der Waals surface area contributed by atoms with E-state index in [-0.39, 0.29) is 28.1 Å². The van der Waals surface area contributed by atoms with Crippen molar-refractivity contribution in [2.75, 3.05) is 28.4 Å². The SMILES string of the molecule is COC(=O)c1cc(-c2cccc(OC)c2)nc(C(=O)c2cccc(OC)c2)c1C(=O)OC. The van der Waals surface area contributed by atoms with E-state index >= 15 is 0 Å². The number of carbonyl (C=O) groups excluding carboxylic acids is 3. The van der Waals surface area contributed by atoms with E-state index in [0.29, 0.717) is 17.1 Å². The Balaban J connectivity index is 2.31. The number of hydrogen-bond acceptors (Lipinski definition) is 8. The Morgan fingerprint density at radius 1 is 0.750 bits per heavy atom. The zero-order chi connectivity index (χ0) is 23.3. The Morgan fingerprint density at radius 2 is 1.38 bits per heavy atom. The van der Waals surface area contributed by atoms with E-state index in [9.17, 15) is 14.4 Å². The number of hydrogen-bond donors (Lipinski definition) is 0. The lowest BCUT2D eigenvalue weighted by molar-refractivity contribution is 0.0553. The van der Waals surface area contributed by atoms with E-state index in [2.05, 4.69) is 4.98 Å². The Labute approximate surface area is 184 Å². The molecule has 1 heterocycles. The molecule has 0 N–H and O–H groups in total. The lowest BCUT2D eigenvalue weighted by Gasteiger charge is -2.14. The van der Waals surface area contributed by atoms with E-state index < -0.39 is 17.7 Å². The summed E-state index contributed by atoms with van der Waals surface area (Å²) in [6.45, 7) is 0. The van der Waals surface area contributed by atoms with Gasteiger partial charge in [0.1, 0.15) is 22.8 Å². The van der Waals surface area contributed by atoms with Gasteiger partial charge in [0.05, 0.1) is 39.7 Å². The van der Waals surface area contributed by atoms with Crippen molar-refractivity contribution in [3.63, 3.8) is 0 Å². The number of aromatic nitrogens is 1. The molecule has 1 aromatic heterocycles. The van der Waals surface area contributed by atoms with Crippen molar-refractivity contribution in [1.29, 1.82) is 0 Å². The number of ketones is 1. The number of rotatable bonds is 7. The molecule has 0 atom stereocenters. The summed E-state index contributed by atoms with van der Waals surface area (Å²) in [5.41, 5.74) is 0.414. The second-order valence-corrected chi connectivity index (χ2v) is 6.55. The Bertz CT molecular complexity index is 1190. The molecule has 0 spiro atoms.